The van der Waals surface area contributed by atoms with Gasteiger partial charge in [0.2, 0.25) is 5.91 Å². The Morgan fingerprint density at radius 1 is 0.423 bits per heavy atom. The molecule has 0 radical (unpaired) electrons. The minimum atomic E-state index is -1.55. The molecule has 71 heavy (non-hydrogen) atoms. The largest absolute Gasteiger partial charge is 0.394 e. The second-order valence-corrected chi connectivity index (χ2v) is 22.6. The fourth-order valence-corrected chi connectivity index (χ4v) is 10.7. The Bertz CT molecular complexity index is 1080. The number of rotatable bonds is 56. The van der Waals surface area contributed by atoms with Crippen LogP contribution in [0.25, 0.3) is 0 Å². The summed E-state index contributed by atoms with van der Waals surface area (Å²) in [5, 5.41) is 54.7. The first-order chi connectivity index (χ1) is 34.8. The first-order valence-electron chi connectivity index (χ1n) is 31.7. The molecule has 0 bridgehead atoms. The SMILES string of the molecule is CCCCCCCCCCCCCCCCCCCCCCCCCCCCCCCCCCC(O)C(COC1OC(CO)C(O)C(O)C1O)NC(=O)CCCCCCCCCCCCCCCCCC. The van der Waals surface area contributed by atoms with E-state index in [1.54, 1.807) is 0 Å². The number of hydrogen-bond donors (Lipinski definition) is 6. The van der Waals surface area contributed by atoms with Crippen LogP contribution in [0.3, 0.4) is 0 Å². The van der Waals surface area contributed by atoms with Gasteiger partial charge in [0.25, 0.3) is 0 Å². The zero-order valence-corrected chi connectivity index (χ0v) is 47.3. The Morgan fingerprint density at radius 3 is 1.00 bits per heavy atom. The van der Waals surface area contributed by atoms with Gasteiger partial charge in [-0.1, -0.05) is 316 Å². The molecule has 9 nitrogen and oxygen atoms in total. The lowest BCUT2D eigenvalue weighted by Crippen LogP contribution is -2.60. The highest BCUT2D eigenvalue weighted by molar-refractivity contribution is 5.76. The van der Waals surface area contributed by atoms with E-state index in [1.165, 1.54) is 270 Å². The summed E-state index contributed by atoms with van der Waals surface area (Å²) in [5.41, 5.74) is 0. The van der Waals surface area contributed by atoms with Gasteiger partial charge in [-0.05, 0) is 12.8 Å². The summed E-state index contributed by atoms with van der Waals surface area (Å²) < 4.78 is 11.3. The quantitative estimate of drug-likeness (QED) is 0.0330. The molecule has 1 fully saturated rings. The van der Waals surface area contributed by atoms with Crippen molar-refractivity contribution in [3.63, 3.8) is 0 Å². The van der Waals surface area contributed by atoms with Gasteiger partial charge in [0.15, 0.2) is 6.29 Å². The Balaban J connectivity index is 2.09. The zero-order valence-electron chi connectivity index (χ0n) is 47.3. The molecule has 9 heteroatoms. The third-order valence-electron chi connectivity index (χ3n) is 15.7. The van der Waals surface area contributed by atoms with Gasteiger partial charge in [-0.25, -0.2) is 0 Å². The van der Waals surface area contributed by atoms with E-state index in [2.05, 4.69) is 19.2 Å². The molecule has 0 aromatic heterocycles. The molecule has 1 aliphatic rings. The maximum Gasteiger partial charge on any atom is 0.220 e. The highest BCUT2D eigenvalue weighted by atomic mass is 16.7. The minimum Gasteiger partial charge on any atom is -0.394 e. The Hall–Kier alpha value is -0.810. The monoisotopic (exact) mass is 1010 g/mol. The molecule has 1 heterocycles. The van der Waals surface area contributed by atoms with Crippen LogP contribution in [-0.2, 0) is 14.3 Å². The summed E-state index contributed by atoms with van der Waals surface area (Å²) in [7, 11) is 0. The molecule has 0 saturated carbocycles. The van der Waals surface area contributed by atoms with Crippen LogP contribution in [0, 0.1) is 0 Å². The number of ether oxygens (including phenoxy) is 2. The minimum absolute atomic E-state index is 0.131. The van der Waals surface area contributed by atoms with Crippen LogP contribution in [0.2, 0.25) is 0 Å². The molecule has 6 N–H and O–H groups in total. The fraction of sp³-hybridized carbons (Fsp3) is 0.984. The molecule has 424 valence electrons. The number of nitrogens with one attached hydrogen (secondary N) is 1. The van der Waals surface area contributed by atoms with Gasteiger partial charge in [-0.2, -0.15) is 0 Å². The van der Waals surface area contributed by atoms with E-state index in [1.807, 2.05) is 0 Å². The lowest BCUT2D eigenvalue weighted by atomic mass is 9.99. The van der Waals surface area contributed by atoms with Crippen molar-refractivity contribution in [2.75, 3.05) is 13.2 Å². The maximum absolute atomic E-state index is 13.1. The van der Waals surface area contributed by atoms with Crippen molar-refractivity contribution in [1.29, 1.82) is 0 Å². The predicted octanol–water partition coefficient (Wildman–Crippen LogP) is 16.2. The summed E-state index contributed by atoms with van der Waals surface area (Å²) in [6.45, 7) is 3.89. The summed E-state index contributed by atoms with van der Waals surface area (Å²) in [6.07, 6.45) is 57.3. The van der Waals surface area contributed by atoms with Crippen LogP contribution >= 0.6 is 0 Å². The fourth-order valence-electron chi connectivity index (χ4n) is 10.7. The molecule has 7 atom stereocenters. The van der Waals surface area contributed by atoms with Crippen LogP contribution in [0.1, 0.15) is 335 Å². The second-order valence-electron chi connectivity index (χ2n) is 22.6. The molecule has 1 rings (SSSR count). The number of unbranched alkanes of at least 4 members (excludes halogenated alkanes) is 46. The van der Waals surface area contributed by atoms with E-state index < -0.39 is 49.5 Å². The van der Waals surface area contributed by atoms with Crippen molar-refractivity contribution in [2.45, 2.75) is 378 Å². The maximum atomic E-state index is 13.1. The average Bonchev–Trinajstić information content (AvgIpc) is 3.37. The molecule has 0 aliphatic carbocycles. The molecule has 7 unspecified atom stereocenters. The van der Waals surface area contributed by atoms with E-state index >= 15 is 0 Å². The third kappa shape index (κ3) is 42.0. The summed E-state index contributed by atoms with van der Waals surface area (Å²) >= 11 is 0. The molecule has 1 aliphatic heterocycles. The number of aliphatic hydroxyl groups excluding tert-OH is 5. The van der Waals surface area contributed by atoms with Crippen LogP contribution in [0.15, 0.2) is 0 Å². The molecule has 0 spiro atoms. The molecule has 0 aromatic carbocycles. The molecular weight excluding hydrogens is 887 g/mol. The summed E-state index contributed by atoms with van der Waals surface area (Å²) in [6, 6.07) is -0.714. The van der Waals surface area contributed by atoms with Gasteiger partial charge < -0.3 is 40.3 Å². The number of hydrogen-bond acceptors (Lipinski definition) is 8. The van der Waals surface area contributed by atoms with Crippen molar-refractivity contribution in [3.05, 3.63) is 0 Å². The van der Waals surface area contributed by atoms with Gasteiger partial charge in [-0.15, -0.1) is 0 Å². The van der Waals surface area contributed by atoms with Crippen molar-refractivity contribution in [3.8, 4) is 0 Å². The predicted molar refractivity (Wildman–Crippen MR) is 300 cm³/mol. The van der Waals surface area contributed by atoms with Crippen LogP contribution in [0.5, 0.6) is 0 Å². The normalized spacial score (nSPS) is 19.1. The van der Waals surface area contributed by atoms with Crippen molar-refractivity contribution < 1.29 is 39.8 Å². The van der Waals surface area contributed by atoms with E-state index in [0.717, 1.165) is 38.5 Å². The molecule has 0 aromatic rings. The van der Waals surface area contributed by atoms with Crippen LogP contribution in [-0.4, -0.2) is 87.5 Å². The number of aliphatic hydroxyl groups is 5. The van der Waals surface area contributed by atoms with Gasteiger partial charge in [0.05, 0.1) is 25.4 Å². The Labute approximate surface area is 440 Å². The number of carbonyl (C=O) groups is 1. The standard InChI is InChI=1S/C62H123NO8/c1-3-5-7-9-11-13-15-17-19-21-22-23-24-25-26-27-28-29-30-31-32-33-34-35-36-37-39-41-43-45-47-49-51-56(65)55(54-70-62-61(69)60(68)59(67)57(53-64)71-62)63-58(66)52-50-48-46-44-42-40-38-20-18-16-14-12-10-8-6-4-2/h55-57,59-62,64-65,67-69H,3-54H2,1-2H3,(H,63,66). The van der Waals surface area contributed by atoms with E-state index in [-0.39, 0.29) is 12.5 Å². The van der Waals surface area contributed by atoms with E-state index in [4.69, 9.17) is 9.47 Å². The highest BCUT2D eigenvalue weighted by Gasteiger charge is 2.44. The first kappa shape index (κ1) is 68.2. The van der Waals surface area contributed by atoms with E-state index in [9.17, 15) is 30.3 Å². The topological polar surface area (TPSA) is 149 Å². The Kier molecular flexibility index (Phi) is 50.6. The van der Waals surface area contributed by atoms with Gasteiger partial charge in [0.1, 0.15) is 24.4 Å². The highest BCUT2D eigenvalue weighted by Crippen LogP contribution is 2.24. The first-order valence-corrected chi connectivity index (χ1v) is 31.7. The third-order valence-corrected chi connectivity index (χ3v) is 15.7. The molecule has 1 saturated heterocycles. The average molecular weight is 1010 g/mol. The Morgan fingerprint density at radius 2 is 0.704 bits per heavy atom. The van der Waals surface area contributed by atoms with Crippen molar-refractivity contribution >= 4 is 5.91 Å². The van der Waals surface area contributed by atoms with Gasteiger partial charge in [-0.3, -0.25) is 4.79 Å². The molecular formula is C62H123NO8. The van der Waals surface area contributed by atoms with Crippen LogP contribution in [0.4, 0.5) is 0 Å². The molecule has 1 amide bonds. The smallest absolute Gasteiger partial charge is 0.220 e. The summed E-state index contributed by atoms with van der Waals surface area (Å²) in [5.74, 6) is -0.136. The van der Waals surface area contributed by atoms with Crippen molar-refractivity contribution in [1.82, 2.24) is 5.32 Å². The van der Waals surface area contributed by atoms with Crippen molar-refractivity contribution in [2.24, 2.45) is 0 Å². The lowest BCUT2D eigenvalue weighted by Gasteiger charge is -2.40. The second kappa shape index (κ2) is 52.6. The number of carbonyl (C=O) groups excluding carboxylic acids is 1. The lowest BCUT2D eigenvalue weighted by molar-refractivity contribution is -0.302. The van der Waals surface area contributed by atoms with E-state index in [0.29, 0.717) is 12.8 Å². The van der Waals surface area contributed by atoms with Crippen LogP contribution < -0.4 is 5.32 Å². The number of amides is 1. The van der Waals surface area contributed by atoms with Gasteiger partial charge >= 0.3 is 0 Å². The summed E-state index contributed by atoms with van der Waals surface area (Å²) in [4.78, 5) is 13.1. The zero-order chi connectivity index (χ0) is 51.5. The van der Waals surface area contributed by atoms with Gasteiger partial charge in [0, 0.05) is 6.42 Å².